The summed E-state index contributed by atoms with van der Waals surface area (Å²) in [5.41, 5.74) is -2.72. The Morgan fingerprint density at radius 3 is 1.78 bits per heavy atom. The van der Waals surface area contributed by atoms with Gasteiger partial charge in [-0.25, -0.2) is 9.79 Å². The molecular formula is C22H13Br2ClKN4O12PS2. The van der Waals surface area contributed by atoms with Crippen molar-refractivity contribution in [2.75, 3.05) is 0 Å². The fourth-order valence-corrected chi connectivity index (χ4v) is 7.30. The number of halogens is 3. The molecule has 0 saturated carbocycles. The standard InChI is InChI=1S/C22H14Br2ClN4O12PS2.K/c23-11-6-10(30)7-12(24)18(11)27-29-20-16(44(39,40)41)4-8-3-15(43(36,37)38)19(21(31)17(8)22(20)32)28-26-13-2-1-9(25)5-14(13)42(33,34)35;/h1-7,30-32H,(H2,33,34,35)(H,36,37,38)(H,39,40,41);/q;+1/p-1. The summed E-state index contributed by atoms with van der Waals surface area (Å²) in [5.74, 6) is -2.90. The summed E-state index contributed by atoms with van der Waals surface area (Å²) < 4.78 is 68.7. The Morgan fingerprint density at radius 2 is 1.27 bits per heavy atom. The minimum absolute atomic E-state index is 0. The van der Waals surface area contributed by atoms with Crippen molar-refractivity contribution < 1.29 is 107 Å². The van der Waals surface area contributed by atoms with E-state index in [1.807, 2.05) is 0 Å². The van der Waals surface area contributed by atoms with E-state index < -0.39 is 82.6 Å². The van der Waals surface area contributed by atoms with Crippen LogP contribution in [0.15, 0.2) is 81.7 Å². The van der Waals surface area contributed by atoms with Crippen LogP contribution in [0, 0.1) is 0 Å². The normalized spacial score (nSPS) is 12.7. The zero-order valence-electron chi connectivity index (χ0n) is 21.9. The van der Waals surface area contributed by atoms with E-state index in [2.05, 4.69) is 52.3 Å². The summed E-state index contributed by atoms with van der Waals surface area (Å²) in [6, 6.07) is 6.51. The van der Waals surface area contributed by atoms with Crippen LogP contribution in [0.25, 0.3) is 10.8 Å². The molecule has 23 heteroatoms. The summed E-state index contributed by atoms with van der Waals surface area (Å²) >= 11 is 12.0. The van der Waals surface area contributed by atoms with Crippen LogP contribution in [0.3, 0.4) is 0 Å². The minimum Gasteiger partial charge on any atom is -0.870 e. The van der Waals surface area contributed by atoms with Crippen LogP contribution in [0.5, 0.6) is 17.2 Å². The van der Waals surface area contributed by atoms with Crippen molar-refractivity contribution in [3.63, 3.8) is 0 Å². The van der Waals surface area contributed by atoms with Gasteiger partial charge >= 0.3 is 51.4 Å². The molecule has 0 radical (unpaired) electrons. The molecule has 4 aromatic rings. The van der Waals surface area contributed by atoms with Crippen LogP contribution in [-0.4, -0.2) is 45.9 Å². The number of hydrogen-bond acceptors (Lipinski definition) is 14. The SMILES string of the molecule is O=S(=O)(O)c1cc2cc(S(=O)(=O)O)c(N=Nc3ccc(Cl)cc3[P+]([O-])(O)O)c(O)c2c([O-])c1N=Nc1c(Br)cc(O)cc1Br.[K+]. The summed E-state index contributed by atoms with van der Waals surface area (Å²) in [6.45, 7) is 0. The third-order valence-corrected chi connectivity index (χ3v) is 9.71. The number of benzene rings is 4. The molecule has 6 N–H and O–H groups in total. The molecule has 0 bridgehead atoms. The fraction of sp³-hybridized carbons (Fsp3) is 0. The van der Waals surface area contributed by atoms with Crippen molar-refractivity contribution in [2.45, 2.75) is 9.79 Å². The number of nitrogens with zero attached hydrogens (tertiary/aromatic N) is 4. The van der Waals surface area contributed by atoms with E-state index in [0.717, 1.165) is 18.2 Å². The molecule has 4 rings (SSSR count). The molecule has 16 nitrogen and oxygen atoms in total. The van der Waals surface area contributed by atoms with E-state index in [-0.39, 0.29) is 76.8 Å². The summed E-state index contributed by atoms with van der Waals surface area (Å²) in [5, 5.41) is 46.4. The monoisotopic (exact) mass is 852 g/mol. The molecule has 0 aliphatic heterocycles. The number of phenols is 2. The van der Waals surface area contributed by atoms with Gasteiger partial charge in [-0.15, -0.1) is 20.5 Å². The second-order valence-electron chi connectivity index (χ2n) is 8.51. The molecule has 0 spiro atoms. The molecule has 4 aromatic carbocycles. The van der Waals surface area contributed by atoms with Gasteiger partial charge in [0.05, 0.1) is 5.69 Å². The average molecular weight is 855 g/mol. The molecular weight excluding hydrogens is 842 g/mol. The first-order chi connectivity index (χ1) is 20.2. The van der Waals surface area contributed by atoms with Crippen LogP contribution in [-0.2, 0) is 20.2 Å². The molecule has 0 saturated heterocycles. The van der Waals surface area contributed by atoms with E-state index in [0.29, 0.717) is 12.1 Å². The first-order valence-electron chi connectivity index (χ1n) is 11.1. The minimum atomic E-state index is -5.30. The predicted molar refractivity (Wildman–Crippen MR) is 159 cm³/mol. The largest absolute Gasteiger partial charge is 1.00 e. The maximum Gasteiger partial charge on any atom is 1.00 e. The van der Waals surface area contributed by atoms with E-state index in [4.69, 9.17) is 11.6 Å². The molecule has 0 heterocycles. The molecule has 0 unspecified atom stereocenters. The van der Waals surface area contributed by atoms with Gasteiger partial charge in [0.2, 0.25) is 0 Å². The van der Waals surface area contributed by atoms with Gasteiger partial charge in [0.1, 0.15) is 32.6 Å². The Balaban J connectivity index is 0.00000552. The second-order valence-corrected chi connectivity index (χ2v) is 15.0. The van der Waals surface area contributed by atoms with Crippen molar-refractivity contribution in [3.8, 4) is 17.2 Å². The van der Waals surface area contributed by atoms with Gasteiger partial charge in [0, 0.05) is 25.4 Å². The summed E-state index contributed by atoms with van der Waals surface area (Å²) in [6.07, 6.45) is 0. The quantitative estimate of drug-likeness (QED) is 0.0669. The van der Waals surface area contributed by atoms with E-state index >= 15 is 0 Å². The summed E-state index contributed by atoms with van der Waals surface area (Å²) in [4.78, 5) is 28.8. The van der Waals surface area contributed by atoms with Crippen LogP contribution in [0.2, 0.25) is 5.02 Å². The van der Waals surface area contributed by atoms with Gasteiger partial charge in [-0.2, -0.15) is 16.8 Å². The molecule has 0 aliphatic carbocycles. The van der Waals surface area contributed by atoms with E-state index in [1.54, 1.807) is 0 Å². The third kappa shape index (κ3) is 8.44. The Labute approximate surface area is 317 Å². The zero-order chi connectivity index (χ0) is 32.9. The first kappa shape index (κ1) is 38.2. The van der Waals surface area contributed by atoms with Crippen molar-refractivity contribution in [1.29, 1.82) is 0 Å². The smallest absolute Gasteiger partial charge is 0.870 e. The number of phenolic OH excluding ortho intramolecular Hbond substituents is 2. The Morgan fingerprint density at radius 1 is 0.778 bits per heavy atom. The molecule has 0 fully saturated rings. The van der Waals surface area contributed by atoms with Crippen molar-refractivity contribution in [3.05, 3.63) is 56.4 Å². The van der Waals surface area contributed by atoms with Crippen molar-refractivity contribution >= 4 is 110 Å². The van der Waals surface area contributed by atoms with Gasteiger partial charge in [-0.3, -0.25) is 9.11 Å². The maximum absolute atomic E-state index is 13.5. The number of aromatic hydroxyl groups is 2. The molecule has 45 heavy (non-hydrogen) atoms. The molecule has 0 atom stereocenters. The molecule has 0 aliphatic rings. The Hall–Kier alpha value is -1.24. The van der Waals surface area contributed by atoms with Gasteiger partial charge in [0.15, 0.2) is 11.1 Å². The Bertz CT molecular complexity index is 2130. The summed E-state index contributed by atoms with van der Waals surface area (Å²) in [7, 11) is -15.6. The van der Waals surface area contributed by atoms with Gasteiger partial charge in [-0.1, -0.05) is 17.4 Å². The number of azo groups is 2. The molecule has 0 aromatic heterocycles. The van der Waals surface area contributed by atoms with Gasteiger partial charge in [0.25, 0.3) is 28.2 Å². The van der Waals surface area contributed by atoms with Crippen LogP contribution in [0.1, 0.15) is 0 Å². The predicted octanol–water partition coefficient (Wildman–Crippen LogP) is 1.56. The molecule has 0 amide bonds. The van der Waals surface area contributed by atoms with E-state index in [9.17, 15) is 55.9 Å². The topological polar surface area (TPSA) is 285 Å². The van der Waals surface area contributed by atoms with Crippen LogP contribution < -0.4 is 66.7 Å². The van der Waals surface area contributed by atoms with Crippen molar-refractivity contribution in [1.82, 2.24) is 0 Å². The van der Waals surface area contributed by atoms with Gasteiger partial charge in [-0.05, 0) is 73.6 Å². The maximum atomic E-state index is 13.5. The average Bonchev–Trinajstić information content (AvgIpc) is 2.86. The van der Waals surface area contributed by atoms with Crippen LogP contribution in [0.4, 0.5) is 22.7 Å². The zero-order valence-corrected chi connectivity index (χ0v) is 31.4. The van der Waals surface area contributed by atoms with Crippen molar-refractivity contribution in [2.24, 2.45) is 20.5 Å². The fourth-order valence-electron chi connectivity index (χ4n) is 3.70. The second kappa shape index (κ2) is 14.1. The number of rotatable bonds is 7. The van der Waals surface area contributed by atoms with E-state index in [1.165, 1.54) is 12.1 Å². The van der Waals surface area contributed by atoms with Gasteiger partial charge < -0.3 is 20.2 Å². The van der Waals surface area contributed by atoms with Crippen LogP contribution >= 0.6 is 51.4 Å². The first-order valence-corrected chi connectivity index (χ1v) is 17.5. The Kier molecular flexibility index (Phi) is 12.0. The molecule has 232 valence electrons. The number of hydrogen-bond donors (Lipinski definition) is 6. The number of fused-ring (bicyclic) bond motifs is 1. The third-order valence-electron chi connectivity index (χ3n) is 5.55.